The highest BCUT2D eigenvalue weighted by molar-refractivity contribution is 6.39. The first-order valence-electron chi connectivity index (χ1n) is 2.75. The van der Waals surface area contributed by atoms with Crippen molar-refractivity contribution in [1.29, 1.82) is 0 Å². The Hall–Kier alpha value is -0.350. The summed E-state index contributed by atoms with van der Waals surface area (Å²) in [6.45, 7) is 0. The molecule has 0 aromatic heterocycles. The number of nitrogens with two attached hydrogens (primary N) is 1. The molecular formula is C6H5Cl2NO2. The number of carbonyl (C=O) groups excluding carboxylic acids is 1. The lowest BCUT2D eigenvalue weighted by Crippen LogP contribution is -2.42. The smallest absolute Gasteiger partial charge is 0.187 e. The number of ketones is 1. The topological polar surface area (TPSA) is 63.3 Å². The maximum Gasteiger partial charge on any atom is 0.187 e. The summed E-state index contributed by atoms with van der Waals surface area (Å²) in [5.74, 6) is -0.380. The first kappa shape index (κ1) is 8.74. The standard InChI is InChI=1S/C6H5Cl2NO2/c7-4-1-3(10)2-5(8)6(4,9)11/h1-2,11H,9H2. The molecule has 0 saturated heterocycles. The van der Waals surface area contributed by atoms with Crippen LogP contribution in [0.15, 0.2) is 22.2 Å². The summed E-state index contributed by atoms with van der Waals surface area (Å²) in [6.07, 6.45) is 2.04. The summed E-state index contributed by atoms with van der Waals surface area (Å²) in [5.41, 5.74) is 3.34. The predicted molar refractivity (Wildman–Crippen MR) is 42.0 cm³/mol. The molecule has 5 heteroatoms. The normalized spacial score (nSPS) is 22.7. The lowest BCUT2D eigenvalue weighted by atomic mass is 10.1. The molecule has 3 nitrogen and oxygen atoms in total. The quantitative estimate of drug-likeness (QED) is 0.550. The molecule has 11 heavy (non-hydrogen) atoms. The van der Waals surface area contributed by atoms with E-state index in [2.05, 4.69) is 0 Å². The number of carbonyl (C=O) groups is 1. The van der Waals surface area contributed by atoms with Crippen molar-refractivity contribution < 1.29 is 9.90 Å². The van der Waals surface area contributed by atoms with Gasteiger partial charge in [0.25, 0.3) is 0 Å². The molecule has 0 bridgehead atoms. The highest BCUT2D eigenvalue weighted by atomic mass is 35.5. The number of hydrogen-bond acceptors (Lipinski definition) is 3. The Balaban J connectivity index is 3.11. The molecule has 1 rings (SSSR count). The molecule has 60 valence electrons. The van der Waals surface area contributed by atoms with Crippen LogP contribution in [0.5, 0.6) is 0 Å². The van der Waals surface area contributed by atoms with Crippen LogP contribution in [0.3, 0.4) is 0 Å². The van der Waals surface area contributed by atoms with Crippen LogP contribution in [0.2, 0.25) is 0 Å². The zero-order valence-electron chi connectivity index (χ0n) is 5.34. The molecule has 0 fully saturated rings. The van der Waals surface area contributed by atoms with Gasteiger partial charge in [0.1, 0.15) is 0 Å². The molecule has 0 unspecified atom stereocenters. The summed E-state index contributed by atoms with van der Waals surface area (Å²) in [5, 5.41) is 8.91. The second kappa shape index (κ2) is 2.60. The van der Waals surface area contributed by atoms with Crippen molar-refractivity contribution in [3.05, 3.63) is 22.2 Å². The average Bonchev–Trinajstić information content (AvgIpc) is 1.84. The van der Waals surface area contributed by atoms with E-state index in [9.17, 15) is 9.90 Å². The summed E-state index contributed by atoms with van der Waals surface area (Å²) >= 11 is 10.9. The van der Waals surface area contributed by atoms with Crippen molar-refractivity contribution in [2.75, 3.05) is 0 Å². The van der Waals surface area contributed by atoms with Crippen molar-refractivity contribution >= 4 is 29.0 Å². The summed E-state index contributed by atoms with van der Waals surface area (Å²) in [4.78, 5) is 10.7. The van der Waals surface area contributed by atoms with Gasteiger partial charge in [-0.2, -0.15) is 0 Å². The van der Waals surface area contributed by atoms with Crippen molar-refractivity contribution in [1.82, 2.24) is 0 Å². The monoisotopic (exact) mass is 193 g/mol. The third-order valence-electron chi connectivity index (χ3n) is 1.27. The molecule has 0 aromatic rings. The molecule has 1 aliphatic carbocycles. The van der Waals surface area contributed by atoms with Gasteiger partial charge in [0.15, 0.2) is 11.5 Å². The lowest BCUT2D eigenvalue weighted by Gasteiger charge is -2.23. The van der Waals surface area contributed by atoms with Gasteiger partial charge in [-0.25, -0.2) is 0 Å². The van der Waals surface area contributed by atoms with Crippen LogP contribution in [-0.2, 0) is 4.79 Å². The molecule has 0 saturated carbocycles. The van der Waals surface area contributed by atoms with Crippen LogP contribution < -0.4 is 5.73 Å². The summed E-state index contributed by atoms with van der Waals surface area (Å²) < 4.78 is 0. The zero-order chi connectivity index (χ0) is 8.65. The van der Waals surface area contributed by atoms with Gasteiger partial charge in [-0.05, 0) is 0 Å². The summed E-state index contributed by atoms with van der Waals surface area (Å²) in [7, 11) is 0. The first-order valence-corrected chi connectivity index (χ1v) is 3.51. The molecule has 0 spiro atoms. The van der Waals surface area contributed by atoms with Crippen molar-refractivity contribution in [2.45, 2.75) is 5.72 Å². The van der Waals surface area contributed by atoms with Gasteiger partial charge in [-0.1, -0.05) is 23.2 Å². The number of halogens is 2. The van der Waals surface area contributed by atoms with Crippen LogP contribution in [0.25, 0.3) is 0 Å². The molecule has 0 aromatic carbocycles. The fourth-order valence-corrected chi connectivity index (χ4v) is 1.09. The van der Waals surface area contributed by atoms with E-state index in [1.54, 1.807) is 0 Å². The largest absolute Gasteiger partial charge is 0.366 e. The Labute approximate surface area is 73.1 Å². The second-order valence-electron chi connectivity index (χ2n) is 2.15. The Morgan fingerprint density at radius 2 is 1.73 bits per heavy atom. The number of aliphatic hydroxyl groups is 1. The highest BCUT2D eigenvalue weighted by Crippen LogP contribution is 2.29. The fraction of sp³-hybridized carbons (Fsp3) is 0.167. The minimum atomic E-state index is -1.89. The Bertz CT molecular complexity index is 244. The van der Waals surface area contributed by atoms with Crippen molar-refractivity contribution in [3.8, 4) is 0 Å². The van der Waals surface area contributed by atoms with E-state index >= 15 is 0 Å². The van der Waals surface area contributed by atoms with Crippen LogP contribution in [0, 0.1) is 0 Å². The molecule has 3 N–H and O–H groups in total. The van der Waals surface area contributed by atoms with E-state index in [0.29, 0.717) is 0 Å². The predicted octanol–water partition coefficient (Wildman–Crippen LogP) is 0.462. The van der Waals surface area contributed by atoms with E-state index in [1.807, 2.05) is 0 Å². The molecule has 0 aliphatic heterocycles. The average molecular weight is 194 g/mol. The minimum absolute atomic E-state index is 0.171. The van der Waals surface area contributed by atoms with Gasteiger partial charge < -0.3 is 5.11 Å². The maximum absolute atomic E-state index is 10.7. The van der Waals surface area contributed by atoms with Gasteiger partial charge in [0, 0.05) is 12.2 Å². The van der Waals surface area contributed by atoms with Crippen LogP contribution in [0.4, 0.5) is 0 Å². The van der Waals surface area contributed by atoms with Crippen LogP contribution in [0.1, 0.15) is 0 Å². The van der Waals surface area contributed by atoms with E-state index < -0.39 is 5.72 Å². The minimum Gasteiger partial charge on any atom is -0.366 e. The van der Waals surface area contributed by atoms with E-state index in [-0.39, 0.29) is 15.8 Å². The van der Waals surface area contributed by atoms with Gasteiger partial charge in [-0.3, -0.25) is 10.5 Å². The molecular weight excluding hydrogens is 189 g/mol. The van der Waals surface area contributed by atoms with Gasteiger partial charge >= 0.3 is 0 Å². The van der Waals surface area contributed by atoms with E-state index in [1.165, 1.54) is 0 Å². The molecule has 0 atom stereocenters. The molecule has 1 aliphatic rings. The Morgan fingerprint density at radius 3 is 2.09 bits per heavy atom. The van der Waals surface area contributed by atoms with Crippen molar-refractivity contribution in [3.63, 3.8) is 0 Å². The number of rotatable bonds is 0. The SMILES string of the molecule is NC1(O)C(Cl)=CC(=O)C=C1Cl. The van der Waals surface area contributed by atoms with Crippen LogP contribution >= 0.6 is 23.2 Å². The highest BCUT2D eigenvalue weighted by Gasteiger charge is 2.33. The number of allylic oxidation sites excluding steroid dienone is 2. The molecule has 0 radical (unpaired) electrons. The Kier molecular flexibility index (Phi) is 2.07. The van der Waals surface area contributed by atoms with Crippen molar-refractivity contribution in [2.24, 2.45) is 5.73 Å². The zero-order valence-corrected chi connectivity index (χ0v) is 6.86. The lowest BCUT2D eigenvalue weighted by molar-refractivity contribution is -0.110. The summed E-state index contributed by atoms with van der Waals surface area (Å²) in [6, 6.07) is 0. The third kappa shape index (κ3) is 1.46. The van der Waals surface area contributed by atoms with E-state index in [0.717, 1.165) is 12.2 Å². The maximum atomic E-state index is 10.7. The molecule has 0 amide bonds. The van der Waals surface area contributed by atoms with Crippen LogP contribution in [-0.4, -0.2) is 16.6 Å². The van der Waals surface area contributed by atoms with Gasteiger partial charge in [-0.15, -0.1) is 0 Å². The number of hydrogen-bond donors (Lipinski definition) is 2. The molecule has 0 heterocycles. The second-order valence-corrected chi connectivity index (χ2v) is 2.97. The van der Waals surface area contributed by atoms with E-state index in [4.69, 9.17) is 28.9 Å². The third-order valence-corrected chi connectivity index (χ3v) is 2.06. The fourth-order valence-electron chi connectivity index (χ4n) is 0.626. The first-order chi connectivity index (χ1) is 4.94. The van der Waals surface area contributed by atoms with Gasteiger partial charge in [0.2, 0.25) is 0 Å². The van der Waals surface area contributed by atoms with Gasteiger partial charge in [0.05, 0.1) is 10.1 Å². The Morgan fingerprint density at radius 1 is 1.36 bits per heavy atom.